The van der Waals surface area contributed by atoms with Gasteiger partial charge in [-0.05, 0) is 41.1 Å². The summed E-state index contributed by atoms with van der Waals surface area (Å²) in [6, 6.07) is 20.6. The lowest BCUT2D eigenvalue weighted by atomic mass is 9.81. The van der Waals surface area contributed by atoms with E-state index in [4.69, 9.17) is 28.1 Å². The number of fused-ring (bicyclic) bond motifs is 2. The number of benzene rings is 2. The molecule has 1 N–H and O–H groups in total. The fraction of sp³-hybridized carbons (Fsp3) is 0.692. The molecule has 262 valence electrons. The van der Waals surface area contributed by atoms with Crippen molar-refractivity contribution in [3.05, 3.63) is 71.8 Å². The Balaban J connectivity index is 1.30. The van der Waals surface area contributed by atoms with Crippen LogP contribution in [0.2, 0.25) is 16.6 Å². The molecule has 0 bridgehead atoms. The fourth-order valence-corrected chi connectivity index (χ4v) is 14.2. The summed E-state index contributed by atoms with van der Waals surface area (Å²) < 4.78 is 40.8. The first-order valence-corrected chi connectivity index (χ1v) is 20.2. The summed E-state index contributed by atoms with van der Waals surface area (Å²) in [6.45, 7) is 17.8. The lowest BCUT2D eigenvalue weighted by molar-refractivity contribution is -0.306. The Morgan fingerprint density at radius 3 is 1.94 bits per heavy atom. The normalized spacial score (nSPS) is 31.3. The predicted molar refractivity (Wildman–Crippen MR) is 188 cm³/mol. The van der Waals surface area contributed by atoms with Gasteiger partial charge in [-0.1, -0.05) is 102 Å². The summed E-state index contributed by atoms with van der Waals surface area (Å²) in [7, 11) is -2.16. The Morgan fingerprint density at radius 1 is 0.766 bits per heavy atom. The van der Waals surface area contributed by atoms with Crippen LogP contribution in [0.25, 0.3) is 0 Å². The Bertz CT molecular complexity index is 1190. The van der Waals surface area contributed by atoms with Gasteiger partial charge in [0.2, 0.25) is 8.32 Å². The molecule has 3 heterocycles. The van der Waals surface area contributed by atoms with Crippen molar-refractivity contribution in [3.8, 4) is 0 Å². The molecule has 0 radical (unpaired) electrons. The second-order valence-electron chi connectivity index (χ2n) is 15.2. The highest BCUT2D eigenvalue weighted by molar-refractivity contribution is 6.77. The van der Waals surface area contributed by atoms with Crippen LogP contribution in [-0.2, 0) is 41.3 Å². The molecule has 8 atom stereocenters. The van der Waals surface area contributed by atoms with Crippen LogP contribution in [0.3, 0.4) is 0 Å². The maximum Gasteiger partial charge on any atom is 0.200 e. The summed E-state index contributed by atoms with van der Waals surface area (Å²) >= 11 is 0. The minimum atomic E-state index is -2.16. The summed E-state index contributed by atoms with van der Waals surface area (Å²) in [6.07, 6.45) is 2.80. The Labute approximate surface area is 284 Å². The Morgan fingerprint density at radius 2 is 1.34 bits per heavy atom. The number of hydrogen-bond donors (Lipinski definition) is 1. The first-order chi connectivity index (χ1) is 22.6. The van der Waals surface area contributed by atoms with Gasteiger partial charge in [0.15, 0.2) is 0 Å². The molecule has 3 fully saturated rings. The number of ether oxygens (including phenoxy) is 5. The average molecular weight is 669 g/mol. The van der Waals surface area contributed by atoms with E-state index in [1.807, 2.05) is 36.4 Å². The SMILES string of the molecule is CC(C)[Si](O[C@@H]1C[C@@H]2O[C@@H]3C[C@H](OCc4ccccc4)[C@@](C)(CCOCc4ccccc4)O[C@H]3C[C@H]2O[C@H]1CCO)(C(C)C)C(C)C. The van der Waals surface area contributed by atoms with Gasteiger partial charge in [0.05, 0.1) is 61.5 Å². The highest BCUT2D eigenvalue weighted by atomic mass is 28.4. The summed E-state index contributed by atoms with van der Waals surface area (Å²) in [5.41, 5.74) is 3.17. The molecule has 3 aliphatic rings. The molecular weight excluding hydrogens is 609 g/mol. The molecule has 0 amide bonds. The first kappa shape index (κ1) is 36.7. The van der Waals surface area contributed by atoms with Crippen LogP contribution in [0.4, 0.5) is 0 Å². The molecule has 47 heavy (non-hydrogen) atoms. The van der Waals surface area contributed by atoms with Gasteiger partial charge >= 0.3 is 0 Å². The zero-order valence-corrected chi connectivity index (χ0v) is 30.8. The second kappa shape index (κ2) is 16.4. The molecule has 0 aromatic heterocycles. The van der Waals surface area contributed by atoms with Crippen molar-refractivity contribution in [3.63, 3.8) is 0 Å². The van der Waals surface area contributed by atoms with Gasteiger partial charge in [-0.15, -0.1) is 0 Å². The van der Waals surface area contributed by atoms with Gasteiger partial charge in [0.25, 0.3) is 0 Å². The summed E-state index contributed by atoms with van der Waals surface area (Å²) in [5.74, 6) is 0. The molecule has 5 rings (SSSR count). The average Bonchev–Trinajstić information content (AvgIpc) is 3.04. The minimum absolute atomic E-state index is 0.0758. The van der Waals surface area contributed by atoms with Crippen LogP contribution in [0.15, 0.2) is 60.7 Å². The van der Waals surface area contributed by atoms with Gasteiger partial charge < -0.3 is 33.2 Å². The van der Waals surface area contributed by atoms with E-state index in [1.165, 1.54) is 0 Å². The Kier molecular flexibility index (Phi) is 12.8. The molecule has 3 aliphatic heterocycles. The standard InChI is InChI=1S/C39H60O7Si/c1-27(2)47(28(3)4,29(5)6)46-37-23-34-33(43-32(37)18-20-40)22-36-35(44-34)24-38(42-26-31-16-12-9-13-17-31)39(7,45-36)19-21-41-25-30-14-10-8-11-15-30/h8-17,27-29,32-38,40H,18-26H2,1-7H3/t32-,33+,34-,35+,36-,37+,38-,39+/m0/s1. The molecule has 0 aliphatic carbocycles. The van der Waals surface area contributed by atoms with E-state index >= 15 is 0 Å². The van der Waals surface area contributed by atoms with E-state index in [0.29, 0.717) is 49.3 Å². The third kappa shape index (κ3) is 8.58. The van der Waals surface area contributed by atoms with Crippen molar-refractivity contribution in [1.29, 1.82) is 0 Å². The lowest BCUT2D eigenvalue weighted by Crippen LogP contribution is -2.64. The first-order valence-electron chi connectivity index (χ1n) is 18.1. The largest absolute Gasteiger partial charge is 0.410 e. The molecule has 8 heteroatoms. The molecule has 3 saturated heterocycles. The topological polar surface area (TPSA) is 75.6 Å². The third-order valence-electron chi connectivity index (χ3n) is 11.0. The third-order valence-corrected chi connectivity index (χ3v) is 17.2. The maximum atomic E-state index is 10.0. The molecular formula is C39H60O7Si. The van der Waals surface area contributed by atoms with Gasteiger partial charge in [-0.25, -0.2) is 0 Å². The van der Waals surface area contributed by atoms with E-state index < -0.39 is 13.9 Å². The lowest BCUT2D eigenvalue weighted by Gasteiger charge is -2.55. The smallest absolute Gasteiger partial charge is 0.200 e. The monoisotopic (exact) mass is 668 g/mol. The number of hydrogen-bond acceptors (Lipinski definition) is 7. The maximum absolute atomic E-state index is 10.0. The predicted octanol–water partition coefficient (Wildman–Crippen LogP) is 7.98. The Hall–Kier alpha value is -1.62. The van der Waals surface area contributed by atoms with Crippen LogP contribution in [0.1, 0.15) is 91.7 Å². The van der Waals surface area contributed by atoms with Crippen molar-refractivity contribution in [1.82, 2.24) is 0 Å². The highest BCUT2D eigenvalue weighted by Gasteiger charge is 2.55. The van der Waals surface area contributed by atoms with E-state index in [2.05, 4.69) is 72.7 Å². The van der Waals surface area contributed by atoms with Crippen LogP contribution in [0.5, 0.6) is 0 Å². The molecule has 2 aromatic carbocycles. The van der Waals surface area contributed by atoms with Crippen molar-refractivity contribution in [2.45, 2.75) is 159 Å². The minimum Gasteiger partial charge on any atom is -0.410 e. The van der Waals surface area contributed by atoms with E-state index in [9.17, 15) is 5.11 Å². The van der Waals surface area contributed by atoms with Crippen LogP contribution in [-0.4, -0.2) is 75.0 Å². The number of aliphatic hydroxyl groups is 1. The zero-order chi connectivity index (χ0) is 33.6. The summed E-state index contributed by atoms with van der Waals surface area (Å²) in [4.78, 5) is 0. The van der Waals surface area contributed by atoms with E-state index in [-0.39, 0.29) is 49.3 Å². The van der Waals surface area contributed by atoms with Crippen molar-refractivity contribution in [2.75, 3.05) is 13.2 Å². The zero-order valence-electron chi connectivity index (χ0n) is 29.8. The highest BCUT2D eigenvalue weighted by Crippen LogP contribution is 2.47. The van der Waals surface area contributed by atoms with Gasteiger partial charge in [-0.2, -0.15) is 0 Å². The fourth-order valence-electron chi connectivity index (χ4n) is 8.64. The van der Waals surface area contributed by atoms with Crippen LogP contribution in [0, 0.1) is 0 Å². The molecule has 0 unspecified atom stereocenters. The van der Waals surface area contributed by atoms with Crippen molar-refractivity contribution < 1.29 is 33.2 Å². The van der Waals surface area contributed by atoms with E-state index in [0.717, 1.165) is 30.4 Å². The van der Waals surface area contributed by atoms with Crippen LogP contribution < -0.4 is 0 Å². The van der Waals surface area contributed by atoms with E-state index in [1.54, 1.807) is 0 Å². The number of aliphatic hydroxyl groups excluding tert-OH is 1. The second-order valence-corrected chi connectivity index (χ2v) is 20.6. The molecule has 0 spiro atoms. The quantitative estimate of drug-likeness (QED) is 0.152. The van der Waals surface area contributed by atoms with Gasteiger partial charge in [0.1, 0.15) is 0 Å². The van der Waals surface area contributed by atoms with Crippen molar-refractivity contribution >= 4 is 8.32 Å². The molecule has 7 nitrogen and oxygen atoms in total. The van der Waals surface area contributed by atoms with Gasteiger partial charge in [0, 0.05) is 38.9 Å². The van der Waals surface area contributed by atoms with Crippen LogP contribution >= 0.6 is 0 Å². The van der Waals surface area contributed by atoms with Gasteiger partial charge in [-0.3, -0.25) is 0 Å². The summed E-state index contributed by atoms with van der Waals surface area (Å²) in [5, 5.41) is 10.0. The molecule has 2 aromatic rings. The molecule has 0 saturated carbocycles. The number of rotatable bonds is 15. The van der Waals surface area contributed by atoms with Crippen molar-refractivity contribution in [2.24, 2.45) is 0 Å².